The molecule has 0 N–H and O–H groups in total. The van der Waals surface area contributed by atoms with Gasteiger partial charge in [-0.1, -0.05) is 60.9 Å². The fourth-order valence-electron chi connectivity index (χ4n) is 6.73. The number of fused-ring (bicyclic) bond motifs is 3. The summed E-state index contributed by atoms with van der Waals surface area (Å²) in [5.74, 6) is 6.10. The SMILES string of the molecule is [2H]C([2H])([2H])c1c[c-]c(-c2cc(C([2H])(C)c3ccccc3)[c]([Ge]([CH3])([CH3])[CH3])cn2)cc1.[2H]C([2H])(c1ccnc(-c2[c-]cc3oc4ccccc4c3c2)c1)C1CCCC1.[Ir]. The number of nitrogens with zero attached hydrogens (tertiary/aromatic N) is 2. The number of benzene rings is 4. The molecule has 8 rings (SSSR count). The fourth-order valence-corrected chi connectivity index (χ4v) is 9.92. The quantitative estimate of drug-likeness (QED) is 0.118. The zero-order valence-corrected chi connectivity index (χ0v) is 34.0. The second-order valence-electron chi connectivity index (χ2n) is 14.1. The van der Waals surface area contributed by atoms with Crippen molar-refractivity contribution >= 4 is 39.6 Å². The molecule has 1 radical (unpaired) electrons. The summed E-state index contributed by atoms with van der Waals surface area (Å²) in [7, 11) is 0. The van der Waals surface area contributed by atoms with Gasteiger partial charge in [0.15, 0.2) is 0 Å². The van der Waals surface area contributed by atoms with Crippen LogP contribution in [0.5, 0.6) is 0 Å². The van der Waals surface area contributed by atoms with E-state index in [1.165, 1.54) is 10.5 Å². The normalized spacial score (nSPS) is 16.7. The Labute approximate surface area is 328 Å². The van der Waals surface area contributed by atoms with Crippen molar-refractivity contribution < 1.29 is 32.7 Å². The number of para-hydroxylation sites is 1. The number of aromatic nitrogens is 2. The van der Waals surface area contributed by atoms with Gasteiger partial charge >= 0.3 is 160 Å². The molecule has 3 nitrogen and oxygen atoms in total. The van der Waals surface area contributed by atoms with E-state index in [0.29, 0.717) is 11.3 Å². The second-order valence-corrected chi connectivity index (χ2v) is 24.7. The van der Waals surface area contributed by atoms with Gasteiger partial charge in [0.1, 0.15) is 5.58 Å². The van der Waals surface area contributed by atoms with Gasteiger partial charge in [-0.25, -0.2) is 0 Å². The van der Waals surface area contributed by atoms with E-state index >= 15 is 0 Å². The summed E-state index contributed by atoms with van der Waals surface area (Å²) in [6.45, 7) is -0.218. The van der Waals surface area contributed by atoms with Gasteiger partial charge in [-0.15, -0.1) is 23.8 Å². The molecule has 1 saturated carbocycles. The minimum Gasteiger partial charge on any atom is -0.500 e. The average Bonchev–Trinajstić information content (AvgIpc) is 3.87. The Bertz CT molecular complexity index is 2470. The molecule has 1 aliphatic carbocycles. The van der Waals surface area contributed by atoms with Crippen LogP contribution in [0.25, 0.3) is 44.5 Å². The standard InChI is InChI=1S/C23H26GeN.C23H20NO.Ir/c1-17-11-13-20(14-12-17)23-15-21(22(16-25-23)24(3,4)5)18(2)19-9-7-6-8-10-19;1-2-6-16(5-1)13-17-11-12-24-21(14-17)18-9-10-23-20(15-18)19-7-3-4-8-22(19)25-23;/h6-13,15-16,18H,1-5H3;3-4,7-8,10-12,14-16H,1-2,5-6,13H2;/q2*-1;/i1D3,18D;13D2;. The molecule has 0 spiro atoms. The number of aryl methyl sites for hydroxylation is 1. The maximum absolute atomic E-state index is 9.22. The Balaban J connectivity index is 0.000000190. The van der Waals surface area contributed by atoms with Gasteiger partial charge in [-0.2, -0.15) is 0 Å². The zero-order chi connectivity index (χ0) is 39.9. The molecule has 1 unspecified atom stereocenters. The minimum atomic E-state index is -2.30. The summed E-state index contributed by atoms with van der Waals surface area (Å²) >= 11 is -2.30. The molecule has 1 atom stereocenters. The molecule has 0 bridgehead atoms. The smallest absolute Gasteiger partial charge is 0.120 e. The Hall–Kier alpha value is -3.83. The zero-order valence-electron chi connectivity index (χ0n) is 35.5. The first-order valence-electron chi connectivity index (χ1n) is 20.4. The molecule has 4 aromatic carbocycles. The largest absolute Gasteiger partial charge is 0.500 e. The van der Waals surface area contributed by atoms with Crippen molar-refractivity contribution in [2.45, 2.75) is 69.0 Å². The fraction of sp³-hybridized carbons (Fsp3) is 0.261. The van der Waals surface area contributed by atoms with E-state index in [1.54, 1.807) is 18.3 Å². The molecule has 3 aromatic heterocycles. The minimum absolute atomic E-state index is 0. The predicted molar refractivity (Wildman–Crippen MR) is 212 cm³/mol. The molecule has 0 amide bonds. The molecule has 5 heteroatoms. The van der Waals surface area contributed by atoms with Gasteiger partial charge in [-0.3, -0.25) is 0 Å². The second kappa shape index (κ2) is 16.2. The van der Waals surface area contributed by atoms with Crippen LogP contribution in [0.15, 0.2) is 120 Å². The van der Waals surface area contributed by atoms with Gasteiger partial charge in [0.25, 0.3) is 0 Å². The molecule has 1 aliphatic rings. The Morgan fingerprint density at radius 1 is 0.843 bits per heavy atom. The van der Waals surface area contributed by atoms with Gasteiger partial charge in [0.05, 0.1) is 5.58 Å². The van der Waals surface area contributed by atoms with E-state index in [0.717, 1.165) is 75.6 Å². The van der Waals surface area contributed by atoms with Crippen molar-refractivity contribution in [1.29, 1.82) is 0 Å². The Kier molecular flexibility index (Phi) is 9.46. The van der Waals surface area contributed by atoms with E-state index in [2.05, 4.69) is 39.4 Å². The third-order valence-electron chi connectivity index (χ3n) is 9.48. The third-order valence-corrected chi connectivity index (χ3v) is 13.7. The number of hydrogen-bond acceptors (Lipinski definition) is 3. The van der Waals surface area contributed by atoms with Crippen molar-refractivity contribution in [3.8, 4) is 22.5 Å². The number of furan rings is 1. The van der Waals surface area contributed by atoms with Crippen LogP contribution in [-0.2, 0) is 26.5 Å². The first kappa shape index (κ1) is 29.7. The molecule has 0 saturated heterocycles. The van der Waals surface area contributed by atoms with E-state index in [-0.39, 0.29) is 31.6 Å². The van der Waals surface area contributed by atoms with Gasteiger partial charge in [-0.05, 0) is 30.1 Å². The van der Waals surface area contributed by atoms with Crippen LogP contribution in [0.4, 0.5) is 0 Å². The van der Waals surface area contributed by atoms with Crippen molar-refractivity contribution in [2.75, 3.05) is 0 Å². The van der Waals surface area contributed by atoms with Crippen LogP contribution in [0.3, 0.4) is 0 Å². The maximum atomic E-state index is 9.22. The molecule has 51 heavy (non-hydrogen) atoms. The van der Waals surface area contributed by atoms with Crippen LogP contribution in [0, 0.1) is 24.9 Å². The van der Waals surface area contributed by atoms with E-state index in [1.807, 2.05) is 98.0 Å². The maximum Gasteiger partial charge on any atom is 0.120 e. The van der Waals surface area contributed by atoms with Gasteiger partial charge < -0.3 is 9.40 Å². The van der Waals surface area contributed by atoms with E-state index in [9.17, 15) is 1.37 Å². The summed E-state index contributed by atoms with van der Waals surface area (Å²) < 4.78 is 56.2. The number of rotatable bonds is 7. The van der Waals surface area contributed by atoms with Crippen molar-refractivity contribution in [1.82, 2.24) is 9.97 Å². The van der Waals surface area contributed by atoms with Crippen molar-refractivity contribution in [3.05, 3.63) is 150 Å². The summed E-state index contributed by atoms with van der Waals surface area (Å²) in [6.07, 6.45) is 6.49. The number of hydrogen-bond donors (Lipinski definition) is 0. The predicted octanol–water partition coefficient (Wildman–Crippen LogP) is 11.7. The molecule has 0 aliphatic heterocycles. The Morgan fingerprint density at radius 3 is 2.33 bits per heavy atom. The van der Waals surface area contributed by atoms with Crippen LogP contribution >= 0.6 is 0 Å². The molecule has 7 aromatic rings. The first-order valence-corrected chi connectivity index (χ1v) is 24.8. The third kappa shape index (κ3) is 8.63. The molecular formula is C46H46GeIrN2O-2. The summed E-state index contributed by atoms with van der Waals surface area (Å²) in [6, 6.07) is 38.6. The van der Waals surface area contributed by atoms with Crippen LogP contribution in [0.1, 0.15) is 69.0 Å². The molecule has 1 fully saturated rings. The molecule has 261 valence electrons. The average molecular weight is 914 g/mol. The van der Waals surface area contributed by atoms with E-state index < -0.39 is 32.4 Å². The summed E-state index contributed by atoms with van der Waals surface area (Å²) in [5.41, 5.74) is 7.59. The van der Waals surface area contributed by atoms with Crippen LogP contribution < -0.4 is 4.40 Å². The Morgan fingerprint density at radius 2 is 1.59 bits per heavy atom. The monoisotopic (exact) mass is 915 g/mol. The summed E-state index contributed by atoms with van der Waals surface area (Å²) in [5, 5.41) is 2.10. The number of pyridine rings is 2. The first-order chi connectivity index (χ1) is 26.5. The van der Waals surface area contributed by atoms with Gasteiger partial charge in [0.2, 0.25) is 0 Å². The van der Waals surface area contributed by atoms with E-state index in [4.69, 9.17) is 11.3 Å². The van der Waals surface area contributed by atoms with Crippen molar-refractivity contribution in [2.24, 2.45) is 5.92 Å². The summed E-state index contributed by atoms with van der Waals surface area (Å²) in [4.78, 5) is 9.16. The van der Waals surface area contributed by atoms with Gasteiger partial charge in [0, 0.05) is 34.4 Å². The molecule has 3 heterocycles. The van der Waals surface area contributed by atoms with Crippen molar-refractivity contribution in [3.63, 3.8) is 0 Å². The topological polar surface area (TPSA) is 38.9 Å². The van der Waals surface area contributed by atoms with Crippen LogP contribution in [0.2, 0.25) is 17.3 Å². The van der Waals surface area contributed by atoms with Crippen LogP contribution in [-0.4, -0.2) is 23.2 Å². The molecular weight excluding hydrogens is 861 g/mol.